The van der Waals surface area contributed by atoms with Gasteiger partial charge in [-0.15, -0.1) is 0 Å². The Morgan fingerprint density at radius 2 is 1.02 bits per heavy atom. The van der Waals surface area contributed by atoms with Gasteiger partial charge in [-0.25, -0.2) is 0 Å². The minimum Gasteiger partial charge on any atom is -0.354 e. The Morgan fingerprint density at radius 1 is 0.594 bits per heavy atom. The quantitative estimate of drug-likeness (QED) is 0.0849. The summed E-state index contributed by atoms with van der Waals surface area (Å²) in [5.74, 6) is 1.14. The monoisotopic (exact) mass is 856 g/mol. The van der Waals surface area contributed by atoms with Crippen molar-refractivity contribution in [3.05, 3.63) is 163 Å². The highest BCUT2D eigenvalue weighted by Gasteiger charge is 2.81. The second kappa shape index (κ2) is 12.3. The molecule has 2 spiro atoms. The zero-order chi connectivity index (χ0) is 42.5. The van der Waals surface area contributed by atoms with Gasteiger partial charge in [0.2, 0.25) is 0 Å². The lowest BCUT2D eigenvalue weighted by molar-refractivity contribution is -0.955. The molecule has 4 bridgehead atoms. The lowest BCUT2D eigenvalue weighted by atomic mass is 9.52. The molecule has 9 aliphatic heterocycles. The van der Waals surface area contributed by atoms with Crippen LogP contribution in [0.15, 0.2) is 120 Å². The molecule has 0 amide bonds. The maximum atomic E-state index is 11.7. The van der Waals surface area contributed by atoms with E-state index >= 15 is 0 Å². The Kier molecular flexibility index (Phi) is 7.08. The fourth-order valence-electron chi connectivity index (χ4n) is 18.0. The van der Waals surface area contributed by atoms with Crippen molar-refractivity contribution in [1.29, 1.82) is 0 Å². The standard InChI is InChI=1S/C52H52N6O6/c59-55(60)35-13-9-31(10-14-35)27-57-21-19-51-39-5-1-3-7-41(39)53-47(51)45-37(25-43(51)57)33(29-57)18-24-64-50(45)54-42-8-4-2-6-40(42)52-20-22-58(28-32-11-15-36(16-12-32)56(61)62)30-34-17-23-63-49(53)46(48(52)54)38(34)26-44(52)58/h1-18,37-38,43-50H,19-30H2/q+2/t37-,38-,43-,44-,45+,46+,47-,48-,49+,50+,51+,52+,57?,58?/m0/s1. The van der Waals surface area contributed by atoms with Crippen LogP contribution in [0.5, 0.6) is 0 Å². The van der Waals surface area contributed by atoms with Crippen LogP contribution in [0.2, 0.25) is 0 Å². The van der Waals surface area contributed by atoms with Gasteiger partial charge >= 0.3 is 0 Å². The first-order valence-electron chi connectivity index (χ1n) is 23.8. The summed E-state index contributed by atoms with van der Waals surface area (Å²) in [6, 6.07) is 34.8. The molecule has 0 N–H and O–H groups in total. The summed E-state index contributed by atoms with van der Waals surface area (Å²) in [4.78, 5) is 28.6. The van der Waals surface area contributed by atoms with Crippen molar-refractivity contribution in [1.82, 2.24) is 0 Å². The molecule has 324 valence electrons. The lowest BCUT2D eigenvalue weighted by Crippen LogP contribution is -2.78. The summed E-state index contributed by atoms with van der Waals surface area (Å²) in [5, 5.41) is 23.4. The van der Waals surface area contributed by atoms with Gasteiger partial charge in [-0.05, 0) is 58.7 Å². The second-order valence-electron chi connectivity index (χ2n) is 21.6. The van der Waals surface area contributed by atoms with E-state index in [9.17, 15) is 20.2 Å². The summed E-state index contributed by atoms with van der Waals surface area (Å²) >= 11 is 0. The Bertz CT molecular complexity index is 2610. The van der Waals surface area contributed by atoms with Gasteiger partial charge in [0.15, 0.2) is 0 Å². The fraction of sp³-hybridized carbons (Fsp3) is 0.462. The summed E-state index contributed by atoms with van der Waals surface area (Å²) < 4.78 is 17.2. The van der Waals surface area contributed by atoms with Crippen molar-refractivity contribution in [3.8, 4) is 0 Å². The van der Waals surface area contributed by atoms with Crippen LogP contribution in [-0.2, 0) is 33.4 Å². The number of benzene rings is 4. The van der Waals surface area contributed by atoms with Crippen LogP contribution in [0, 0.1) is 43.9 Å². The summed E-state index contributed by atoms with van der Waals surface area (Å²) in [6.45, 7) is 7.01. The first kappa shape index (κ1) is 36.9. The highest BCUT2D eigenvalue weighted by atomic mass is 16.6. The van der Waals surface area contributed by atoms with Gasteiger partial charge in [-0.3, -0.25) is 20.2 Å². The van der Waals surface area contributed by atoms with Crippen LogP contribution in [-0.4, -0.2) is 94.8 Å². The number of para-hydroxylation sites is 2. The smallest absolute Gasteiger partial charge is 0.269 e. The van der Waals surface area contributed by atoms with Crippen molar-refractivity contribution in [2.24, 2.45) is 23.7 Å². The average Bonchev–Trinajstić information content (AvgIpc) is 3.92. The first-order valence-corrected chi connectivity index (χ1v) is 23.8. The number of ether oxygens (including phenoxy) is 2. The molecule has 5 saturated heterocycles. The number of nitro groups is 2. The molecule has 0 aromatic heterocycles. The van der Waals surface area contributed by atoms with E-state index in [0.29, 0.717) is 37.1 Å². The highest BCUT2D eigenvalue weighted by molar-refractivity contribution is 5.72. The third-order valence-corrected chi connectivity index (χ3v) is 19.8. The number of non-ortho nitro benzene ring substituents is 2. The van der Waals surface area contributed by atoms with Crippen LogP contribution in [0.4, 0.5) is 22.7 Å². The van der Waals surface area contributed by atoms with Crippen molar-refractivity contribution >= 4 is 22.7 Å². The number of hydrogen-bond donors (Lipinski definition) is 0. The van der Waals surface area contributed by atoms with E-state index in [0.717, 1.165) is 73.9 Å². The van der Waals surface area contributed by atoms with Gasteiger partial charge in [0.25, 0.3) is 11.4 Å². The van der Waals surface area contributed by atoms with E-state index in [1.807, 2.05) is 24.3 Å². The van der Waals surface area contributed by atoms with Crippen molar-refractivity contribution in [3.63, 3.8) is 0 Å². The van der Waals surface area contributed by atoms with Gasteiger partial charge in [-0.1, -0.05) is 48.6 Å². The van der Waals surface area contributed by atoms with Crippen molar-refractivity contribution in [2.75, 3.05) is 49.2 Å². The lowest BCUT2D eigenvalue weighted by Gasteiger charge is -2.65. The normalized spacial score (nSPS) is 41.4. The Morgan fingerprint density at radius 3 is 1.44 bits per heavy atom. The molecule has 2 unspecified atom stereocenters. The maximum Gasteiger partial charge on any atom is 0.269 e. The molecule has 14 atom stereocenters. The summed E-state index contributed by atoms with van der Waals surface area (Å²) in [6.07, 6.45) is 9.10. The molecule has 64 heavy (non-hydrogen) atoms. The molecule has 4 aromatic carbocycles. The molecule has 15 rings (SSSR count). The van der Waals surface area contributed by atoms with E-state index < -0.39 is 0 Å². The Hall–Kier alpha value is -5.40. The van der Waals surface area contributed by atoms with E-state index in [4.69, 9.17) is 9.47 Å². The molecule has 9 heterocycles. The number of fused-ring (bicyclic) bond motifs is 6. The maximum absolute atomic E-state index is 11.7. The van der Waals surface area contributed by atoms with Crippen LogP contribution < -0.4 is 9.80 Å². The highest BCUT2D eigenvalue weighted by Crippen LogP contribution is 2.73. The third kappa shape index (κ3) is 4.26. The number of quaternary nitrogens is 2. The third-order valence-electron chi connectivity index (χ3n) is 19.8. The molecular weight excluding hydrogens is 805 g/mol. The number of nitrogens with zero attached hydrogens (tertiary/aromatic N) is 6. The fourth-order valence-corrected chi connectivity index (χ4v) is 18.0. The average molecular weight is 857 g/mol. The molecule has 11 aliphatic rings. The minimum absolute atomic E-state index is 0.111. The summed E-state index contributed by atoms with van der Waals surface area (Å²) in [7, 11) is 0. The molecule has 7 fully saturated rings. The zero-order valence-electron chi connectivity index (χ0n) is 35.8. The van der Waals surface area contributed by atoms with Crippen LogP contribution in [0.3, 0.4) is 0 Å². The summed E-state index contributed by atoms with van der Waals surface area (Å²) in [5.41, 5.74) is 11.2. The van der Waals surface area contributed by atoms with Gasteiger partial charge < -0.3 is 28.2 Å². The van der Waals surface area contributed by atoms with Crippen molar-refractivity contribution < 1.29 is 28.3 Å². The van der Waals surface area contributed by atoms with Crippen molar-refractivity contribution in [2.45, 2.75) is 86.2 Å². The molecule has 2 aliphatic carbocycles. The predicted molar refractivity (Wildman–Crippen MR) is 238 cm³/mol. The number of anilines is 2. The van der Waals surface area contributed by atoms with Gasteiger partial charge in [0, 0.05) is 96.1 Å². The molecule has 12 heteroatoms. The van der Waals surface area contributed by atoms with E-state index in [2.05, 4.69) is 70.5 Å². The SMILES string of the molecule is O=[N+]([O-])c1ccc(C[N+]23CC[C@@]45c6ccccc6N6[C@@H]7OCC=C8C[N+]9(Cc%10ccc([N+](=O)[O-])cc%10)CC[C@]%10%11c%12ccccc%12N([C@@H]%12OCC=C(C2)[C@H](C[C@@H]43)[C@@H]%12[C@H]65)[C@H]%10[C@H]7[C@H]8C[C@@H]%119)cc1. The largest absolute Gasteiger partial charge is 0.354 e. The topological polar surface area (TPSA) is 111 Å². The van der Waals surface area contributed by atoms with Crippen LogP contribution in [0.1, 0.15) is 47.9 Å². The zero-order valence-corrected chi connectivity index (χ0v) is 35.8. The number of nitro benzene ring substituents is 2. The Labute approximate surface area is 371 Å². The second-order valence-corrected chi connectivity index (χ2v) is 21.6. The van der Waals surface area contributed by atoms with Crippen LogP contribution in [0.25, 0.3) is 0 Å². The van der Waals surface area contributed by atoms with Gasteiger partial charge in [-0.2, -0.15) is 0 Å². The predicted octanol–water partition coefficient (Wildman–Crippen LogP) is 7.51. The molecule has 2 saturated carbocycles. The van der Waals surface area contributed by atoms with E-state index in [-0.39, 0.29) is 68.4 Å². The molecular formula is C52H52N6O6+2. The number of rotatable bonds is 6. The minimum atomic E-state index is -0.289. The molecule has 0 radical (unpaired) electrons. The first-order chi connectivity index (χ1) is 31.2. The van der Waals surface area contributed by atoms with E-state index in [1.165, 1.54) is 33.6 Å². The van der Waals surface area contributed by atoms with E-state index in [1.54, 1.807) is 35.4 Å². The van der Waals surface area contributed by atoms with Gasteiger partial charge in [0.1, 0.15) is 50.7 Å². The Balaban J connectivity index is 0.927. The number of hydrogen-bond acceptors (Lipinski definition) is 8. The molecule has 4 aromatic rings. The number of piperidine rings is 2. The van der Waals surface area contributed by atoms with Gasteiger partial charge in [0.05, 0.1) is 59.1 Å². The van der Waals surface area contributed by atoms with Crippen LogP contribution >= 0.6 is 0 Å². The molecule has 12 nitrogen and oxygen atoms in total.